The number of primary amides is 1. The minimum absolute atomic E-state index is 0.0470. The molecule has 0 saturated heterocycles. The van der Waals surface area contributed by atoms with Crippen molar-refractivity contribution in [2.75, 3.05) is 19.3 Å². The van der Waals surface area contributed by atoms with Crippen LogP contribution in [0.15, 0.2) is 66.7 Å². The second-order valence-electron chi connectivity index (χ2n) is 10.8. The molecule has 42 heavy (non-hydrogen) atoms. The molecule has 5 N–H and O–H groups in total. The number of nitrogens with zero attached hydrogens (tertiary/aromatic N) is 2. The first-order valence-electron chi connectivity index (χ1n) is 13.8. The largest absolute Gasteiger partial charge is 0.390 e. The number of aromatic nitrogens is 1. The summed E-state index contributed by atoms with van der Waals surface area (Å²) in [5.41, 5.74) is 6.81. The highest BCUT2D eigenvalue weighted by molar-refractivity contribution is 7.88. The average molecular weight is 598 g/mol. The third-order valence-electron chi connectivity index (χ3n) is 6.76. The van der Waals surface area contributed by atoms with E-state index in [9.17, 15) is 27.9 Å². The quantitative estimate of drug-likeness (QED) is 0.206. The van der Waals surface area contributed by atoms with Crippen LogP contribution in [0.1, 0.15) is 42.7 Å². The summed E-state index contributed by atoms with van der Waals surface area (Å²) in [5.74, 6) is -2.02. The number of amides is 3. The number of aliphatic hydroxyl groups excluding tert-OH is 1. The highest BCUT2D eigenvalue weighted by atomic mass is 32.2. The molecule has 3 rings (SSSR count). The van der Waals surface area contributed by atoms with Crippen LogP contribution < -0.4 is 16.4 Å². The fourth-order valence-electron chi connectivity index (χ4n) is 4.40. The van der Waals surface area contributed by atoms with Gasteiger partial charge in [-0.1, -0.05) is 68.4 Å². The number of pyridine rings is 1. The molecule has 11 nitrogen and oxygen atoms in total. The zero-order valence-electron chi connectivity index (χ0n) is 24.1. The number of aliphatic hydroxyl groups is 1. The maximum atomic E-state index is 13.5. The fourth-order valence-corrected chi connectivity index (χ4v) is 5.26. The van der Waals surface area contributed by atoms with Crippen molar-refractivity contribution in [3.63, 3.8) is 0 Å². The Balaban J connectivity index is 1.83. The van der Waals surface area contributed by atoms with Crippen LogP contribution in [-0.2, 0) is 26.0 Å². The van der Waals surface area contributed by atoms with Crippen LogP contribution >= 0.6 is 0 Å². The van der Waals surface area contributed by atoms with E-state index in [1.54, 1.807) is 30.3 Å². The van der Waals surface area contributed by atoms with E-state index in [0.29, 0.717) is 11.9 Å². The lowest BCUT2D eigenvalue weighted by Gasteiger charge is -2.30. The Morgan fingerprint density at radius 3 is 2.29 bits per heavy atom. The summed E-state index contributed by atoms with van der Waals surface area (Å²) in [6.45, 7) is 3.89. The van der Waals surface area contributed by atoms with Gasteiger partial charge in [-0.3, -0.25) is 14.4 Å². The van der Waals surface area contributed by atoms with Gasteiger partial charge in [0.1, 0.15) is 11.7 Å². The van der Waals surface area contributed by atoms with E-state index < -0.39 is 52.4 Å². The molecule has 1 heterocycles. The fraction of sp³-hybridized carbons (Fsp3) is 0.400. The van der Waals surface area contributed by atoms with Crippen LogP contribution in [0.4, 0.5) is 0 Å². The van der Waals surface area contributed by atoms with Gasteiger partial charge >= 0.3 is 0 Å². The first-order valence-corrected chi connectivity index (χ1v) is 15.6. The normalized spacial score (nSPS) is 14.0. The highest BCUT2D eigenvalue weighted by Crippen LogP contribution is 2.14. The van der Waals surface area contributed by atoms with Gasteiger partial charge in [-0.2, -0.15) is 4.31 Å². The Morgan fingerprint density at radius 1 is 0.976 bits per heavy atom. The Kier molecular flexibility index (Phi) is 11.5. The number of hydrogen-bond acceptors (Lipinski definition) is 7. The van der Waals surface area contributed by atoms with Crippen LogP contribution in [-0.4, -0.2) is 78.1 Å². The first kappa shape index (κ1) is 32.6. The van der Waals surface area contributed by atoms with Gasteiger partial charge in [-0.15, -0.1) is 0 Å². The number of carbonyl (C=O) groups is 3. The molecule has 0 aliphatic carbocycles. The second kappa shape index (κ2) is 14.9. The molecule has 0 radical (unpaired) electrons. The molecule has 3 amide bonds. The molecule has 1 unspecified atom stereocenters. The minimum Gasteiger partial charge on any atom is -0.390 e. The van der Waals surface area contributed by atoms with Crippen molar-refractivity contribution >= 4 is 38.6 Å². The third-order valence-corrected chi connectivity index (χ3v) is 8.03. The molecule has 0 saturated carbocycles. The van der Waals surface area contributed by atoms with E-state index in [0.717, 1.165) is 17.2 Å². The molecule has 3 atom stereocenters. The van der Waals surface area contributed by atoms with Gasteiger partial charge in [0.15, 0.2) is 0 Å². The molecule has 3 aromatic rings. The standard InChI is InChI=1S/C30H39N5O6S/c1-20(2)15-16-35(42(3,40)41)19-27(36)25(17-21-9-5-4-6-10-21)33-30(39)26(18-28(31)37)34-29(38)24-14-13-22-11-7-8-12-23(22)32-24/h4-14,20,25-27,36H,15-19H2,1-3H3,(H2,31,37)(H,33,39)(H,34,38)/t25-,26?,27+/m0/s1. The smallest absolute Gasteiger partial charge is 0.270 e. The number of rotatable bonds is 15. The predicted molar refractivity (Wildman–Crippen MR) is 161 cm³/mol. The Hall–Kier alpha value is -3.87. The molecule has 0 spiro atoms. The maximum absolute atomic E-state index is 13.5. The van der Waals surface area contributed by atoms with Crippen LogP contribution in [0.3, 0.4) is 0 Å². The molecule has 0 fully saturated rings. The van der Waals surface area contributed by atoms with Gasteiger partial charge in [-0.05, 0) is 36.5 Å². The van der Waals surface area contributed by atoms with Crippen molar-refractivity contribution in [1.82, 2.24) is 19.9 Å². The topological polar surface area (TPSA) is 172 Å². The van der Waals surface area contributed by atoms with Gasteiger partial charge in [-0.25, -0.2) is 13.4 Å². The highest BCUT2D eigenvalue weighted by Gasteiger charge is 2.31. The lowest BCUT2D eigenvalue weighted by atomic mass is 10.00. The number of nitrogens with one attached hydrogen (secondary N) is 2. The van der Waals surface area contributed by atoms with Crippen molar-refractivity contribution in [2.45, 2.75) is 51.3 Å². The SMILES string of the molecule is CC(C)CCN(C[C@@H](O)[C@H](Cc1ccccc1)NC(=O)C(CC(N)=O)NC(=O)c1ccc2ccccc2n1)S(C)(=O)=O. The number of carbonyl (C=O) groups excluding carboxylic acids is 3. The first-order chi connectivity index (χ1) is 19.8. The molecule has 0 bridgehead atoms. The number of hydrogen-bond donors (Lipinski definition) is 4. The third kappa shape index (κ3) is 9.89. The monoisotopic (exact) mass is 597 g/mol. The summed E-state index contributed by atoms with van der Waals surface area (Å²) in [5, 5.41) is 17.3. The van der Waals surface area contributed by atoms with E-state index in [1.807, 2.05) is 44.2 Å². The number of sulfonamides is 1. The molecule has 12 heteroatoms. The summed E-state index contributed by atoms with van der Waals surface area (Å²) in [7, 11) is -3.65. The van der Waals surface area contributed by atoms with Gasteiger partial charge in [0.2, 0.25) is 21.8 Å². The minimum atomic E-state index is -3.65. The summed E-state index contributed by atoms with van der Waals surface area (Å²) in [6, 6.07) is 17.2. The molecular formula is C30H39N5O6S. The van der Waals surface area contributed by atoms with E-state index in [4.69, 9.17) is 5.73 Å². The Labute approximate surface area is 246 Å². The van der Waals surface area contributed by atoms with Crippen molar-refractivity contribution in [1.29, 1.82) is 0 Å². The zero-order chi connectivity index (χ0) is 30.9. The molecule has 226 valence electrons. The van der Waals surface area contributed by atoms with Gasteiger partial charge in [0.05, 0.1) is 30.3 Å². The van der Waals surface area contributed by atoms with E-state index in [1.165, 1.54) is 10.4 Å². The van der Waals surface area contributed by atoms with Crippen molar-refractivity contribution in [3.05, 3.63) is 78.0 Å². The van der Waals surface area contributed by atoms with E-state index >= 15 is 0 Å². The summed E-state index contributed by atoms with van der Waals surface area (Å²) in [4.78, 5) is 42.7. The van der Waals surface area contributed by atoms with E-state index in [2.05, 4.69) is 15.6 Å². The molecule has 2 aromatic carbocycles. The van der Waals surface area contributed by atoms with Gasteiger partial charge in [0, 0.05) is 18.5 Å². The van der Waals surface area contributed by atoms with E-state index in [-0.39, 0.29) is 31.1 Å². The zero-order valence-corrected chi connectivity index (χ0v) is 24.9. The summed E-state index contributed by atoms with van der Waals surface area (Å²) >= 11 is 0. The van der Waals surface area contributed by atoms with Gasteiger partial charge < -0.3 is 21.5 Å². The maximum Gasteiger partial charge on any atom is 0.270 e. The van der Waals surface area contributed by atoms with Crippen molar-refractivity contribution in [3.8, 4) is 0 Å². The lowest BCUT2D eigenvalue weighted by molar-refractivity contribution is -0.128. The number of nitrogens with two attached hydrogens (primary N) is 1. The van der Waals surface area contributed by atoms with Crippen LogP contribution in [0.2, 0.25) is 0 Å². The average Bonchev–Trinajstić information content (AvgIpc) is 2.93. The Bertz CT molecular complexity index is 1480. The molecule has 1 aromatic heterocycles. The van der Waals surface area contributed by atoms with Crippen LogP contribution in [0.5, 0.6) is 0 Å². The summed E-state index contributed by atoms with van der Waals surface area (Å²) < 4.78 is 26.1. The van der Waals surface area contributed by atoms with Gasteiger partial charge in [0.25, 0.3) is 5.91 Å². The van der Waals surface area contributed by atoms with Crippen molar-refractivity contribution in [2.24, 2.45) is 11.7 Å². The predicted octanol–water partition coefficient (Wildman–Crippen LogP) is 1.60. The molecular weight excluding hydrogens is 558 g/mol. The summed E-state index contributed by atoms with van der Waals surface area (Å²) in [6.07, 6.45) is 0.0280. The van der Waals surface area contributed by atoms with Crippen LogP contribution in [0, 0.1) is 5.92 Å². The number of benzene rings is 2. The second-order valence-corrected chi connectivity index (χ2v) is 12.7. The van der Waals surface area contributed by atoms with Crippen LogP contribution in [0.25, 0.3) is 10.9 Å². The number of fused-ring (bicyclic) bond motifs is 1. The number of para-hydroxylation sites is 1. The van der Waals surface area contributed by atoms with Crippen molar-refractivity contribution < 1.29 is 27.9 Å². The lowest BCUT2D eigenvalue weighted by Crippen LogP contribution is -2.56. The molecule has 0 aliphatic rings. The molecule has 0 aliphatic heterocycles. The Morgan fingerprint density at radius 2 is 1.64 bits per heavy atom.